The second-order valence-electron chi connectivity index (χ2n) is 4.50. The van der Waals surface area contributed by atoms with Gasteiger partial charge in [0.15, 0.2) is 0 Å². The molecular weight excluding hydrogens is 232 g/mol. The second kappa shape index (κ2) is 6.35. The molecule has 1 aromatic heterocycles. The molecule has 100 valence electrons. The smallest absolute Gasteiger partial charge is 0.335 e. The molecule has 0 atom stereocenters. The zero-order chi connectivity index (χ0) is 13.7. The van der Waals surface area contributed by atoms with Crippen molar-refractivity contribution in [3.05, 3.63) is 23.4 Å². The average Bonchev–Trinajstić information content (AvgIpc) is 2.27. The summed E-state index contributed by atoms with van der Waals surface area (Å²) in [5.41, 5.74) is 0.954. The van der Waals surface area contributed by atoms with Crippen molar-refractivity contribution in [2.24, 2.45) is 0 Å². The summed E-state index contributed by atoms with van der Waals surface area (Å²) in [6, 6.07) is 3.13. The fourth-order valence-electron chi connectivity index (χ4n) is 1.51. The van der Waals surface area contributed by atoms with E-state index >= 15 is 0 Å². The molecule has 0 radical (unpaired) electrons. The molecule has 1 rings (SSSR count). The zero-order valence-corrected chi connectivity index (χ0v) is 11.3. The number of rotatable bonds is 6. The van der Waals surface area contributed by atoms with Crippen molar-refractivity contribution >= 4 is 11.8 Å². The van der Waals surface area contributed by atoms with E-state index in [1.54, 1.807) is 19.1 Å². The first kappa shape index (κ1) is 14.4. The van der Waals surface area contributed by atoms with Crippen LogP contribution in [0.1, 0.15) is 29.9 Å². The maximum absolute atomic E-state index is 11.0. The number of aromatic nitrogens is 1. The molecule has 1 N–H and O–H groups in total. The van der Waals surface area contributed by atoms with Gasteiger partial charge in [0, 0.05) is 19.3 Å². The van der Waals surface area contributed by atoms with Gasteiger partial charge >= 0.3 is 5.97 Å². The second-order valence-corrected chi connectivity index (χ2v) is 4.50. The summed E-state index contributed by atoms with van der Waals surface area (Å²) in [4.78, 5) is 17.2. The number of aryl methyl sites for hydroxylation is 1. The van der Waals surface area contributed by atoms with E-state index in [0.29, 0.717) is 24.7 Å². The predicted octanol–water partition coefficient (Wildman–Crippen LogP) is 1.95. The molecule has 0 unspecified atom stereocenters. The number of ether oxygens (including phenoxy) is 1. The Labute approximate surface area is 107 Å². The number of carboxylic acid groups (broad SMARTS) is 1. The number of nitrogens with zero attached hydrogens (tertiary/aromatic N) is 2. The van der Waals surface area contributed by atoms with Crippen molar-refractivity contribution in [2.75, 3.05) is 25.1 Å². The van der Waals surface area contributed by atoms with E-state index in [4.69, 9.17) is 9.84 Å². The molecule has 18 heavy (non-hydrogen) atoms. The van der Waals surface area contributed by atoms with Gasteiger partial charge in [-0.1, -0.05) is 0 Å². The van der Waals surface area contributed by atoms with Crippen molar-refractivity contribution in [2.45, 2.75) is 26.9 Å². The minimum Gasteiger partial charge on any atom is -0.478 e. The number of carbonyl (C=O) groups is 1. The molecule has 0 bridgehead atoms. The standard InChI is InChI=1S/C13H20N2O3/c1-9(2)18-6-5-15(4)12-8-11(13(16)17)7-10(3)14-12/h7-9H,5-6H2,1-4H3,(H,16,17). The predicted molar refractivity (Wildman–Crippen MR) is 70.3 cm³/mol. The lowest BCUT2D eigenvalue weighted by molar-refractivity contribution is 0.0696. The van der Waals surface area contributed by atoms with Gasteiger partial charge in [0.05, 0.1) is 18.3 Å². The van der Waals surface area contributed by atoms with Crippen LogP contribution in [0.25, 0.3) is 0 Å². The third-order valence-electron chi connectivity index (χ3n) is 2.46. The molecule has 0 amide bonds. The highest BCUT2D eigenvalue weighted by atomic mass is 16.5. The lowest BCUT2D eigenvalue weighted by Gasteiger charge is -2.19. The minimum atomic E-state index is -0.936. The molecule has 5 heteroatoms. The molecular formula is C13H20N2O3. The van der Waals surface area contributed by atoms with Gasteiger partial charge in [-0.3, -0.25) is 0 Å². The molecule has 5 nitrogen and oxygen atoms in total. The van der Waals surface area contributed by atoms with Crippen molar-refractivity contribution < 1.29 is 14.6 Å². The number of aromatic carboxylic acids is 1. The summed E-state index contributed by atoms with van der Waals surface area (Å²) in [6.07, 6.45) is 0.193. The van der Waals surface area contributed by atoms with E-state index in [2.05, 4.69) is 4.98 Å². The highest BCUT2D eigenvalue weighted by Gasteiger charge is 2.09. The monoisotopic (exact) mass is 252 g/mol. The van der Waals surface area contributed by atoms with Crippen LogP contribution in [0.3, 0.4) is 0 Å². The molecule has 0 saturated carbocycles. The maximum Gasteiger partial charge on any atom is 0.335 e. The maximum atomic E-state index is 11.0. The first-order valence-electron chi connectivity index (χ1n) is 5.95. The van der Waals surface area contributed by atoms with Crippen LogP contribution in [0.15, 0.2) is 12.1 Å². The van der Waals surface area contributed by atoms with Crippen molar-refractivity contribution in [1.29, 1.82) is 0 Å². The van der Waals surface area contributed by atoms with Gasteiger partial charge < -0.3 is 14.7 Å². The van der Waals surface area contributed by atoms with E-state index < -0.39 is 5.97 Å². The molecule has 0 aliphatic rings. The molecule has 0 aromatic carbocycles. The Kier molecular flexibility index (Phi) is 5.09. The van der Waals surface area contributed by atoms with Crippen LogP contribution in [0.2, 0.25) is 0 Å². The third kappa shape index (κ3) is 4.33. The van der Waals surface area contributed by atoms with Crippen LogP contribution in [0.5, 0.6) is 0 Å². The first-order valence-corrected chi connectivity index (χ1v) is 5.95. The third-order valence-corrected chi connectivity index (χ3v) is 2.46. The highest BCUT2D eigenvalue weighted by molar-refractivity contribution is 5.88. The first-order chi connectivity index (χ1) is 8.40. The molecule has 0 aliphatic carbocycles. The van der Waals surface area contributed by atoms with Gasteiger partial charge in [0.1, 0.15) is 5.82 Å². The summed E-state index contributed by atoms with van der Waals surface area (Å²) < 4.78 is 5.46. The van der Waals surface area contributed by atoms with Crippen molar-refractivity contribution in [3.8, 4) is 0 Å². The quantitative estimate of drug-likeness (QED) is 0.838. The van der Waals surface area contributed by atoms with Crippen LogP contribution in [-0.4, -0.2) is 42.4 Å². The van der Waals surface area contributed by atoms with Gasteiger partial charge in [-0.25, -0.2) is 9.78 Å². The van der Waals surface area contributed by atoms with Gasteiger partial charge in [-0.2, -0.15) is 0 Å². The SMILES string of the molecule is Cc1cc(C(=O)O)cc(N(C)CCOC(C)C)n1. The highest BCUT2D eigenvalue weighted by Crippen LogP contribution is 2.13. The number of carboxylic acids is 1. The Hall–Kier alpha value is -1.62. The van der Waals surface area contributed by atoms with E-state index in [1.165, 1.54) is 0 Å². The summed E-state index contributed by atoms with van der Waals surface area (Å²) in [7, 11) is 1.87. The molecule has 1 heterocycles. The van der Waals surface area contributed by atoms with Gasteiger partial charge in [-0.15, -0.1) is 0 Å². The van der Waals surface area contributed by atoms with Gasteiger partial charge in [-0.05, 0) is 32.9 Å². The lowest BCUT2D eigenvalue weighted by Crippen LogP contribution is -2.25. The van der Waals surface area contributed by atoms with Gasteiger partial charge in [0.25, 0.3) is 0 Å². The van der Waals surface area contributed by atoms with E-state index in [1.807, 2.05) is 25.8 Å². The van der Waals surface area contributed by atoms with Crippen LogP contribution in [0.4, 0.5) is 5.82 Å². The number of hydrogen-bond acceptors (Lipinski definition) is 4. The Morgan fingerprint density at radius 3 is 2.72 bits per heavy atom. The molecule has 0 saturated heterocycles. The van der Waals surface area contributed by atoms with Crippen LogP contribution in [-0.2, 0) is 4.74 Å². The zero-order valence-electron chi connectivity index (χ0n) is 11.3. The fraction of sp³-hybridized carbons (Fsp3) is 0.538. The van der Waals surface area contributed by atoms with Crippen LogP contribution >= 0.6 is 0 Å². The van der Waals surface area contributed by atoms with Gasteiger partial charge in [0.2, 0.25) is 0 Å². The van der Waals surface area contributed by atoms with E-state index in [-0.39, 0.29) is 11.7 Å². The number of anilines is 1. The average molecular weight is 252 g/mol. The van der Waals surface area contributed by atoms with Crippen LogP contribution < -0.4 is 4.90 Å². The number of pyridine rings is 1. The minimum absolute atomic E-state index is 0.193. The van der Waals surface area contributed by atoms with E-state index in [9.17, 15) is 4.79 Å². The molecule has 0 fully saturated rings. The van der Waals surface area contributed by atoms with Crippen molar-refractivity contribution in [1.82, 2.24) is 4.98 Å². The van der Waals surface area contributed by atoms with Crippen LogP contribution in [0, 0.1) is 6.92 Å². The molecule has 1 aromatic rings. The number of likely N-dealkylation sites (N-methyl/N-ethyl adjacent to an activating group) is 1. The summed E-state index contributed by atoms with van der Waals surface area (Å²) in [5.74, 6) is -0.284. The Morgan fingerprint density at radius 2 is 2.17 bits per heavy atom. The number of hydrogen-bond donors (Lipinski definition) is 1. The normalized spacial score (nSPS) is 10.7. The molecule has 0 aliphatic heterocycles. The Morgan fingerprint density at radius 1 is 1.50 bits per heavy atom. The summed E-state index contributed by atoms with van der Waals surface area (Å²) in [5, 5.41) is 8.99. The summed E-state index contributed by atoms with van der Waals surface area (Å²) in [6.45, 7) is 7.01. The topological polar surface area (TPSA) is 62.7 Å². The largest absolute Gasteiger partial charge is 0.478 e. The summed E-state index contributed by atoms with van der Waals surface area (Å²) >= 11 is 0. The van der Waals surface area contributed by atoms with Crippen molar-refractivity contribution in [3.63, 3.8) is 0 Å². The lowest BCUT2D eigenvalue weighted by atomic mass is 10.2. The Balaban J connectivity index is 2.73. The Bertz CT molecular complexity index is 419. The molecule has 0 spiro atoms. The van der Waals surface area contributed by atoms with E-state index in [0.717, 1.165) is 0 Å². The fourth-order valence-corrected chi connectivity index (χ4v) is 1.51.